The van der Waals surface area contributed by atoms with E-state index in [4.69, 9.17) is 5.73 Å². The number of rotatable bonds is 1. The maximum absolute atomic E-state index is 6.17. The fourth-order valence-electron chi connectivity index (χ4n) is 2.83. The summed E-state index contributed by atoms with van der Waals surface area (Å²) in [5, 5.41) is 0. The number of hydrogen-bond acceptors (Lipinski definition) is 2. The van der Waals surface area contributed by atoms with Crippen LogP contribution in [0.1, 0.15) is 26.2 Å². The number of nitrogens with two attached hydrogens (primary N) is 1. The van der Waals surface area contributed by atoms with Crippen molar-refractivity contribution in [3.63, 3.8) is 0 Å². The second-order valence-electron chi connectivity index (χ2n) is 4.38. The SMILES string of the molecule is CCN1C[C@H]2CCC[C@@H](C1)C2N. The van der Waals surface area contributed by atoms with Gasteiger partial charge in [-0.15, -0.1) is 0 Å². The third kappa shape index (κ3) is 1.38. The zero-order valence-corrected chi connectivity index (χ0v) is 8.00. The zero-order chi connectivity index (χ0) is 8.55. The molecule has 2 heteroatoms. The summed E-state index contributed by atoms with van der Waals surface area (Å²) in [5.41, 5.74) is 6.17. The van der Waals surface area contributed by atoms with Gasteiger partial charge in [0.15, 0.2) is 0 Å². The van der Waals surface area contributed by atoms with E-state index in [0.29, 0.717) is 6.04 Å². The van der Waals surface area contributed by atoms with Crippen molar-refractivity contribution in [1.29, 1.82) is 0 Å². The van der Waals surface area contributed by atoms with Gasteiger partial charge in [0.25, 0.3) is 0 Å². The van der Waals surface area contributed by atoms with E-state index in [2.05, 4.69) is 11.8 Å². The van der Waals surface area contributed by atoms with Gasteiger partial charge >= 0.3 is 0 Å². The third-order valence-corrected chi connectivity index (χ3v) is 3.67. The van der Waals surface area contributed by atoms with Gasteiger partial charge in [0.05, 0.1) is 0 Å². The van der Waals surface area contributed by atoms with Crippen LogP contribution in [0.25, 0.3) is 0 Å². The molecule has 1 unspecified atom stereocenters. The van der Waals surface area contributed by atoms with Gasteiger partial charge in [0.2, 0.25) is 0 Å². The Balaban J connectivity index is 2.02. The number of piperidine rings is 1. The van der Waals surface area contributed by atoms with Crippen LogP contribution in [-0.2, 0) is 0 Å². The van der Waals surface area contributed by atoms with E-state index in [-0.39, 0.29) is 0 Å². The Morgan fingerprint density at radius 3 is 2.33 bits per heavy atom. The fourth-order valence-corrected chi connectivity index (χ4v) is 2.83. The van der Waals surface area contributed by atoms with Crippen molar-refractivity contribution >= 4 is 0 Å². The minimum absolute atomic E-state index is 0.515. The Hall–Kier alpha value is -0.0800. The molecule has 2 aliphatic rings. The Morgan fingerprint density at radius 1 is 1.25 bits per heavy atom. The van der Waals surface area contributed by atoms with Crippen LogP contribution in [0.4, 0.5) is 0 Å². The number of hydrogen-bond donors (Lipinski definition) is 1. The molecule has 2 nitrogen and oxygen atoms in total. The Bertz CT molecular complexity index is 144. The lowest BCUT2D eigenvalue weighted by Gasteiger charge is -2.45. The largest absolute Gasteiger partial charge is 0.327 e. The van der Waals surface area contributed by atoms with E-state index in [0.717, 1.165) is 11.8 Å². The molecule has 0 radical (unpaired) electrons. The molecule has 1 saturated carbocycles. The van der Waals surface area contributed by atoms with Crippen LogP contribution in [0.15, 0.2) is 0 Å². The molecule has 2 N–H and O–H groups in total. The van der Waals surface area contributed by atoms with Gasteiger partial charge in [-0.1, -0.05) is 13.3 Å². The molecular weight excluding hydrogens is 148 g/mol. The average Bonchev–Trinajstić information content (AvgIpc) is 2.04. The highest BCUT2D eigenvalue weighted by Gasteiger charge is 2.36. The lowest BCUT2D eigenvalue weighted by molar-refractivity contribution is 0.0676. The molecule has 12 heavy (non-hydrogen) atoms. The van der Waals surface area contributed by atoms with Gasteiger partial charge in [-0.3, -0.25) is 0 Å². The van der Waals surface area contributed by atoms with Crippen LogP contribution >= 0.6 is 0 Å². The zero-order valence-electron chi connectivity index (χ0n) is 8.00. The van der Waals surface area contributed by atoms with E-state index in [1.807, 2.05) is 0 Å². The maximum Gasteiger partial charge on any atom is 0.0120 e. The first-order valence-electron chi connectivity index (χ1n) is 5.29. The fraction of sp³-hybridized carbons (Fsp3) is 1.00. The monoisotopic (exact) mass is 168 g/mol. The quantitative estimate of drug-likeness (QED) is 0.634. The van der Waals surface area contributed by atoms with Gasteiger partial charge in [-0.25, -0.2) is 0 Å². The van der Waals surface area contributed by atoms with Gasteiger partial charge < -0.3 is 10.6 Å². The van der Waals surface area contributed by atoms with E-state index in [9.17, 15) is 0 Å². The van der Waals surface area contributed by atoms with Gasteiger partial charge in [-0.05, 0) is 31.2 Å². The van der Waals surface area contributed by atoms with Crippen molar-refractivity contribution in [2.75, 3.05) is 19.6 Å². The molecular formula is C10H20N2. The number of fused-ring (bicyclic) bond motifs is 2. The topological polar surface area (TPSA) is 29.3 Å². The van der Waals surface area contributed by atoms with E-state index < -0.39 is 0 Å². The Labute approximate surface area is 75.1 Å². The predicted molar refractivity (Wildman–Crippen MR) is 50.9 cm³/mol. The summed E-state index contributed by atoms with van der Waals surface area (Å²) in [6.45, 7) is 5.98. The smallest absolute Gasteiger partial charge is 0.0120 e. The highest BCUT2D eigenvalue weighted by molar-refractivity contribution is 4.92. The van der Waals surface area contributed by atoms with Crippen molar-refractivity contribution in [3.05, 3.63) is 0 Å². The van der Waals surface area contributed by atoms with Crippen LogP contribution in [0.5, 0.6) is 0 Å². The summed E-state index contributed by atoms with van der Waals surface area (Å²) < 4.78 is 0. The minimum Gasteiger partial charge on any atom is -0.327 e. The lowest BCUT2D eigenvalue weighted by atomic mass is 9.74. The molecule has 2 rings (SSSR count). The van der Waals surface area contributed by atoms with Gasteiger partial charge in [0, 0.05) is 19.1 Å². The summed E-state index contributed by atoms with van der Waals surface area (Å²) in [6.07, 6.45) is 4.16. The van der Waals surface area contributed by atoms with Crippen LogP contribution in [0, 0.1) is 11.8 Å². The van der Waals surface area contributed by atoms with E-state index in [1.54, 1.807) is 0 Å². The summed E-state index contributed by atoms with van der Waals surface area (Å²) in [4.78, 5) is 2.57. The number of nitrogens with zero attached hydrogens (tertiary/aromatic N) is 1. The summed E-state index contributed by atoms with van der Waals surface area (Å²) in [7, 11) is 0. The third-order valence-electron chi connectivity index (χ3n) is 3.67. The van der Waals surface area contributed by atoms with Crippen LogP contribution in [-0.4, -0.2) is 30.6 Å². The van der Waals surface area contributed by atoms with Crippen molar-refractivity contribution in [2.24, 2.45) is 17.6 Å². The summed E-state index contributed by atoms with van der Waals surface area (Å²) in [6, 6.07) is 0.515. The molecule has 0 aromatic heterocycles. The lowest BCUT2D eigenvalue weighted by Crippen LogP contribution is -2.55. The summed E-state index contributed by atoms with van der Waals surface area (Å²) in [5.74, 6) is 1.61. The minimum atomic E-state index is 0.515. The molecule has 0 spiro atoms. The van der Waals surface area contributed by atoms with Crippen molar-refractivity contribution < 1.29 is 0 Å². The Morgan fingerprint density at radius 2 is 1.83 bits per heavy atom. The van der Waals surface area contributed by atoms with Crippen molar-refractivity contribution in [2.45, 2.75) is 32.2 Å². The first-order chi connectivity index (χ1) is 5.81. The highest BCUT2D eigenvalue weighted by Crippen LogP contribution is 2.33. The molecule has 0 aromatic rings. The van der Waals surface area contributed by atoms with Crippen LogP contribution in [0.2, 0.25) is 0 Å². The van der Waals surface area contributed by atoms with E-state index in [1.165, 1.54) is 38.9 Å². The maximum atomic E-state index is 6.17. The molecule has 1 aliphatic heterocycles. The Kier molecular flexibility index (Phi) is 2.37. The molecule has 2 bridgehead atoms. The second kappa shape index (κ2) is 3.35. The molecule has 1 saturated heterocycles. The molecule has 0 amide bonds. The standard InChI is InChI=1S/C10H20N2/c1-2-12-6-8-4-3-5-9(7-12)10(8)11/h8-10H,2-7,11H2,1H3/t8-,9+,10?. The molecule has 2 fully saturated rings. The predicted octanol–water partition coefficient (Wildman–Crippen LogP) is 1.07. The molecule has 1 heterocycles. The van der Waals surface area contributed by atoms with Crippen molar-refractivity contribution in [3.8, 4) is 0 Å². The molecule has 0 aromatic carbocycles. The first-order valence-corrected chi connectivity index (χ1v) is 5.29. The number of likely N-dealkylation sites (tertiary alicyclic amines) is 1. The summed E-state index contributed by atoms with van der Waals surface area (Å²) >= 11 is 0. The van der Waals surface area contributed by atoms with Gasteiger partial charge in [-0.2, -0.15) is 0 Å². The molecule has 3 atom stereocenters. The van der Waals surface area contributed by atoms with Crippen LogP contribution in [0.3, 0.4) is 0 Å². The highest BCUT2D eigenvalue weighted by atomic mass is 15.1. The molecule has 70 valence electrons. The van der Waals surface area contributed by atoms with E-state index >= 15 is 0 Å². The van der Waals surface area contributed by atoms with Crippen molar-refractivity contribution in [1.82, 2.24) is 4.90 Å². The van der Waals surface area contributed by atoms with Crippen LogP contribution < -0.4 is 5.73 Å². The molecule has 1 aliphatic carbocycles. The normalized spacial score (nSPS) is 43.0. The van der Waals surface area contributed by atoms with Gasteiger partial charge in [0.1, 0.15) is 0 Å². The average molecular weight is 168 g/mol. The second-order valence-corrected chi connectivity index (χ2v) is 4.38. The first kappa shape index (κ1) is 8.52.